The maximum absolute atomic E-state index is 6.30. The van der Waals surface area contributed by atoms with Gasteiger partial charge in [-0.1, -0.05) is 30.3 Å². The zero-order valence-corrected chi connectivity index (χ0v) is 9.85. The standard InChI is InChI=1S/C13H13ClN2/c1-10-8-15-13(16-9-10)7-12(14)11-5-3-2-4-6-11/h2-6,8-9,12H,7H2,1H3. The van der Waals surface area contributed by atoms with E-state index in [4.69, 9.17) is 11.6 Å². The van der Waals surface area contributed by atoms with Crippen molar-refractivity contribution in [1.29, 1.82) is 0 Å². The second-order valence-corrected chi connectivity index (χ2v) is 4.29. The summed E-state index contributed by atoms with van der Waals surface area (Å²) in [6, 6.07) is 9.99. The molecule has 1 aromatic heterocycles. The quantitative estimate of drug-likeness (QED) is 0.759. The van der Waals surface area contributed by atoms with Crippen LogP contribution in [0.15, 0.2) is 42.7 Å². The van der Waals surface area contributed by atoms with Crippen molar-refractivity contribution < 1.29 is 0 Å². The summed E-state index contributed by atoms with van der Waals surface area (Å²) in [7, 11) is 0. The van der Waals surface area contributed by atoms with E-state index in [0.717, 1.165) is 17.0 Å². The topological polar surface area (TPSA) is 25.8 Å². The van der Waals surface area contributed by atoms with Crippen molar-refractivity contribution in [2.45, 2.75) is 18.7 Å². The number of halogens is 1. The Morgan fingerprint density at radius 2 is 1.75 bits per heavy atom. The largest absolute Gasteiger partial charge is 0.241 e. The van der Waals surface area contributed by atoms with Crippen molar-refractivity contribution >= 4 is 11.6 Å². The van der Waals surface area contributed by atoms with Gasteiger partial charge >= 0.3 is 0 Å². The van der Waals surface area contributed by atoms with Crippen molar-refractivity contribution in [3.63, 3.8) is 0 Å². The van der Waals surface area contributed by atoms with Gasteiger partial charge in [-0.2, -0.15) is 0 Å². The molecular formula is C13H13ClN2. The van der Waals surface area contributed by atoms with Gasteiger partial charge in [-0.05, 0) is 18.1 Å². The van der Waals surface area contributed by atoms with Crippen LogP contribution in [0.4, 0.5) is 0 Å². The van der Waals surface area contributed by atoms with E-state index in [9.17, 15) is 0 Å². The fourth-order valence-corrected chi connectivity index (χ4v) is 1.75. The molecule has 3 heteroatoms. The third-order valence-corrected chi connectivity index (χ3v) is 2.76. The summed E-state index contributed by atoms with van der Waals surface area (Å²) in [4.78, 5) is 8.50. The van der Waals surface area contributed by atoms with Crippen molar-refractivity contribution in [3.05, 3.63) is 59.7 Å². The van der Waals surface area contributed by atoms with Gasteiger partial charge in [0.2, 0.25) is 0 Å². The number of rotatable bonds is 3. The fraction of sp³-hybridized carbons (Fsp3) is 0.231. The third-order valence-electron chi connectivity index (χ3n) is 2.36. The monoisotopic (exact) mass is 232 g/mol. The summed E-state index contributed by atoms with van der Waals surface area (Å²) in [5, 5.41) is -0.0658. The fourth-order valence-electron chi connectivity index (χ4n) is 1.46. The van der Waals surface area contributed by atoms with Crippen LogP contribution in [0, 0.1) is 6.92 Å². The Kier molecular flexibility index (Phi) is 3.52. The van der Waals surface area contributed by atoms with Crippen molar-refractivity contribution in [2.75, 3.05) is 0 Å². The second-order valence-electron chi connectivity index (χ2n) is 3.76. The molecule has 0 aliphatic rings. The molecule has 0 N–H and O–H groups in total. The SMILES string of the molecule is Cc1cnc(CC(Cl)c2ccccc2)nc1. The maximum Gasteiger partial charge on any atom is 0.130 e. The summed E-state index contributed by atoms with van der Waals surface area (Å²) in [6.45, 7) is 1.97. The number of nitrogens with zero attached hydrogens (tertiary/aromatic N) is 2. The predicted octanol–water partition coefficient (Wildman–Crippen LogP) is 3.31. The lowest BCUT2D eigenvalue weighted by atomic mass is 10.1. The van der Waals surface area contributed by atoms with E-state index in [1.807, 2.05) is 49.6 Å². The molecule has 1 atom stereocenters. The molecule has 2 aromatic rings. The van der Waals surface area contributed by atoms with E-state index in [1.165, 1.54) is 0 Å². The molecule has 1 aromatic carbocycles. The van der Waals surface area contributed by atoms with Gasteiger partial charge in [0.25, 0.3) is 0 Å². The van der Waals surface area contributed by atoms with Gasteiger partial charge in [0.1, 0.15) is 5.82 Å². The Balaban J connectivity index is 2.08. The molecule has 0 saturated carbocycles. The molecule has 0 amide bonds. The van der Waals surface area contributed by atoms with E-state index in [2.05, 4.69) is 9.97 Å². The third kappa shape index (κ3) is 2.80. The molecule has 2 nitrogen and oxygen atoms in total. The van der Waals surface area contributed by atoms with E-state index >= 15 is 0 Å². The van der Waals surface area contributed by atoms with Crippen LogP contribution in [0.2, 0.25) is 0 Å². The first-order valence-corrected chi connectivity index (χ1v) is 5.66. The normalized spacial score (nSPS) is 12.4. The lowest BCUT2D eigenvalue weighted by Crippen LogP contribution is -2.00. The number of aryl methyl sites for hydroxylation is 1. The highest BCUT2D eigenvalue weighted by atomic mass is 35.5. The molecule has 16 heavy (non-hydrogen) atoms. The lowest BCUT2D eigenvalue weighted by molar-refractivity contribution is 0.829. The molecular weight excluding hydrogens is 220 g/mol. The summed E-state index contributed by atoms with van der Waals surface area (Å²) in [6.07, 6.45) is 4.29. The minimum atomic E-state index is -0.0658. The molecule has 1 heterocycles. The van der Waals surface area contributed by atoms with E-state index in [1.54, 1.807) is 0 Å². The zero-order chi connectivity index (χ0) is 11.4. The minimum absolute atomic E-state index is 0.0658. The smallest absolute Gasteiger partial charge is 0.130 e. The van der Waals surface area contributed by atoms with Crippen molar-refractivity contribution in [3.8, 4) is 0 Å². The first-order chi connectivity index (χ1) is 7.75. The van der Waals surface area contributed by atoms with Crippen LogP contribution in [0.25, 0.3) is 0 Å². The van der Waals surface area contributed by atoms with E-state index in [0.29, 0.717) is 6.42 Å². The first-order valence-electron chi connectivity index (χ1n) is 5.22. The van der Waals surface area contributed by atoms with Crippen LogP contribution in [0.3, 0.4) is 0 Å². The molecule has 0 aliphatic carbocycles. The van der Waals surface area contributed by atoms with Crippen LogP contribution < -0.4 is 0 Å². The van der Waals surface area contributed by atoms with Crippen LogP contribution in [-0.2, 0) is 6.42 Å². The van der Waals surface area contributed by atoms with Gasteiger partial charge in [0, 0.05) is 18.8 Å². The van der Waals surface area contributed by atoms with Crippen molar-refractivity contribution in [2.24, 2.45) is 0 Å². The Labute approximate surface area is 100 Å². The van der Waals surface area contributed by atoms with Crippen LogP contribution in [-0.4, -0.2) is 9.97 Å². The number of alkyl halides is 1. The average molecular weight is 233 g/mol. The molecule has 2 rings (SSSR count). The van der Waals surface area contributed by atoms with Gasteiger partial charge in [-0.3, -0.25) is 0 Å². The molecule has 82 valence electrons. The molecule has 0 spiro atoms. The Bertz CT molecular complexity index is 439. The highest BCUT2D eigenvalue weighted by Crippen LogP contribution is 2.23. The summed E-state index contributed by atoms with van der Waals surface area (Å²) < 4.78 is 0. The molecule has 0 aliphatic heterocycles. The predicted molar refractivity (Wildman–Crippen MR) is 65.5 cm³/mol. The average Bonchev–Trinajstić information content (AvgIpc) is 2.33. The minimum Gasteiger partial charge on any atom is -0.241 e. The van der Waals surface area contributed by atoms with Crippen LogP contribution in [0.1, 0.15) is 22.3 Å². The number of benzene rings is 1. The van der Waals surface area contributed by atoms with Gasteiger partial charge in [0.15, 0.2) is 0 Å². The maximum atomic E-state index is 6.30. The Hall–Kier alpha value is -1.41. The zero-order valence-electron chi connectivity index (χ0n) is 9.10. The second kappa shape index (κ2) is 5.08. The van der Waals surface area contributed by atoms with Crippen LogP contribution >= 0.6 is 11.6 Å². The molecule has 1 unspecified atom stereocenters. The number of hydrogen-bond donors (Lipinski definition) is 0. The van der Waals surface area contributed by atoms with Gasteiger partial charge in [-0.25, -0.2) is 9.97 Å². The molecule has 0 bridgehead atoms. The highest BCUT2D eigenvalue weighted by molar-refractivity contribution is 6.20. The van der Waals surface area contributed by atoms with Gasteiger partial charge in [-0.15, -0.1) is 11.6 Å². The van der Waals surface area contributed by atoms with Crippen LogP contribution in [0.5, 0.6) is 0 Å². The van der Waals surface area contributed by atoms with E-state index < -0.39 is 0 Å². The Morgan fingerprint density at radius 1 is 1.12 bits per heavy atom. The summed E-state index contributed by atoms with van der Waals surface area (Å²) in [5.74, 6) is 0.787. The molecule has 0 fully saturated rings. The highest BCUT2D eigenvalue weighted by Gasteiger charge is 2.09. The van der Waals surface area contributed by atoms with Crippen molar-refractivity contribution in [1.82, 2.24) is 9.97 Å². The molecule has 0 radical (unpaired) electrons. The summed E-state index contributed by atoms with van der Waals surface area (Å²) >= 11 is 6.30. The molecule has 0 saturated heterocycles. The van der Waals surface area contributed by atoms with Gasteiger partial charge in [0.05, 0.1) is 5.38 Å². The Morgan fingerprint density at radius 3 is 2.38 bits per heavy atom. The van der Waals surface area contributed by atoms with E-state index in [-0.39, 0.29) is 5.38 Å². The first kappa shape index (κ1) is 11.1. The summed E-state index contributed by atoms with van der Waals surface area (Å²) in [5.41, 5.74) is 2.17. The lowest BCUT2D eigenvalue weighted by Gasteiger charge is -2.08. The van der Waals surface area contributed by atoms with Gasteiger partial charge < -0.3 is 0 Å². The number of hydrogen-bond acceptors (Lipinski definition) is 2. The number of aromatic nitrogens is 2.